The van der Waals surface area contributed by atoms with E-state index in [1.54, 1.807) is 0 Å². The van der Waals surface area contributed by atoms with Gasteiger partial charge in [0.1, 0.15) is 12.2 Å². The van der Waals surface area contributed by atoms with Gasteiger partial charge in [0.25, 0.3) is 0 Å². The molecule has 0 spiro atoms. The van der Waals surface area contributed by atoms with Crippen molar-refractivity contribution in [2.75, 3.05) is 7.11 Å². The molecule has 3 rings (SSSR count). The maximum absolute atomic E-state index is 13.0. The quantitative estimate of drug-likeness (QED) is 0.193. The summed E-state index contributed by atoms with van der Waals surface area (Å²) in [5, 5.41) is 9.54. The molecule has 11 heteroatoms. The van der Waals surface area contributed by atoms with Crippen LogP contribution in [0.25, 0.3) is 0 Å². The number of halogens is 1. The lowest BCUT2D eigenvalue weighted by molar-refractivity contribution is -0.184. The van der Waals surface area contributed by atoms with Gasteiger partial charge in [-0.3, -0.25) is 4.79 Å². The molecule has 2 fully saturated rings. The Bertz CT molecular complexity index is 938. The lowest BCUT2D eigenvalue weighted by Gasteiger charge is -2.35. The van der Waals surface area contributed by atoms with Crippen molar-refractivity contribution in [3.05, 3.63) is 23.8 Å². The predicted octanol–water partition coefficient (Wildman–Crippen LogP) is 1.36. The van der Waals surface area contributed by atoms with Crippen LogP contribution in [0.5, 0.6) is 0 Å². The van der Waals surface area contributed by atoms with E-state index in [-0.39, 0.29) is 11.1 Å². The van der Waals surface area contributed by atoms with Crippen LogP contribution < -0.4 is 0 Å². The number of ether oxygens (including phenoxy) is 5. The molecular formula is C23H29ClO10. The van der Waals surface area contributed by atoms with Gasteiger partial charge in [0.05, 0.1) is 29.6 Å². The number of epoxide rings is 1. The molecule has 0 aromatic heterocycles. The number of hydrogen-bond acceptors (Lipinski definition) is 10. The van der Waals surface area contributed by atoms with Crippen LogP contribution in [-0.2, 0) is 42.9 Å². The zero-order chi connectivity index (χ0) is 25.6. The van der Waals surface area contributed by atoms with E-state index in [1.165, 1.54) is 13.0 Å². The molecule has 0 amide bonds. The molecule has 0 saturated carbocycles. The minimum Gasteiger partial charge on any atom is -0.466 e. The van der Waals surface area contributed by atoms with Crippen LogP contribution in [-0.4, -0.2) is 77.1 Å². The number of fused-ring (bicyclic) bond motifs is 3. The van der Waals surface area contributed by atoms with E-state index in [0.29, 0.717) is 12.8 Å². The second kappa shape index (κ2) is 9.31. The number of alkyl halides is 1. The molecule has 10 nitrogen and oxygen atoms in total. The number of methoxy groups -OCH3 is 1. The van der Waals surface area contributed by atoms with Gasteiger partial charge in [-0.2, -0.15) is 0 Å². The van der Waals surface area contributed by atoms with Crippen LogP contribution in [0.1, 0.15) is 40.5 Å². The average molecular weight is 501 g/mol. The van der Waals surface area contributed by atoms with Gasteiger partial charge in [0.15, 0.2) is 17.8 Å². The third-order valence-electron chi connectivity index (χ3n) is 6.61. The number of rotatable bonds is 5. The molecule has 1 N–H and O–H groups in total. The van der Waals surface area contributed by atoms with Gasteiger partial charge in [0, 0.05) is 12.5 Å². The Hall–Kier alpha value is -2.43. The summed E-state index contributed by atoms with van der Waals surface area (Å²) in [5.41, 5.74) is -2.95. The standard InChI is InChI=1S/C23H29ClO10/c1-10-14-16(33-21(28)23(5,29)11(2)24)15(31-12(3)25)13(20(27)30-6)8-7-9-22(4)18(34-22)17(14)32-19(10)26/h8,11,14-18,29H,1,7,9H2,2-6H3/b13-8+/t11-,14+,15-,16-,17-,18+,22+,23+/m0/s1. The molecule has 0 aromatic carbocycles. The van der Waals surface area contributed by atoms with Crippen molar-refractivity contribution in [2.45, 2.75) is 81.5 Å². The van der Waals surface area contributed by atoms with E-state index in [9.17, 15) is 24.3 Å². The Kier molecular flexibility index (Phi) is 7.17. The minimum atomic E-state index is -2.14. The van der Waals surface area contributed by atoms with Crippen LogP contribution in [0.15, 0.2) is 23.8 Å². The zero-order valence-electron chi connectivity index (χ0n) is 19.7. The van der Waals surface area contributed by atoms with Crippen LogP contribution in [0.3, 0.4) is 0 Å². The molecule has 1 aliphatic carbocycles. The monoisotopic (exact) mass is 500 g/mol. The number of hydrogen-bond donors (Lipinski definition) is 1. The number of allylic oxidation sites excluding steroid dienone is 1. The van der Waals surface area contributed by atoms with E-state index < -0.39 is 70.8 Å². The zero-order valence-corrected chi connectivity index (χ0v) is 20.4. The van der Waals surface area contributed by atoms with E-state index in [4.69, 9.17) is 35.3 Å². The fourth-order valence-electron chi connectivity index (χ4n) is 4.28. The third kappa shape index (κ3) is 4.71. The van der Waals surface area contributed by atoms with Gasteiger partial charge >= 0.3 is 23.9 Å². The minimum absolute atomic E-state index is 0.0545. The summed E-state index contributed by atoms with van der Waals surface area (Å²) in [7, 11) is 1.15. The van der Waals surface area contributed by atoms with Crippen molar-refractivity contribution >= 4 is 35.5 Å². The van der Waals surface area contributed by atoms with E-state index >= 15 is 0 Å². The smallest absolute Gasteiger partial charge is 0.339 e. The highest BCUT2D eigenvalue weighted by atomic mass is 35.5. The Balaban J connectivity index is 2.18. The normalized spacial score (nSPS) is 36.9. The van der Waals surface area contributed by atoms with Crippen LogP contribution in [0.2, 0.25) is 0 Å². The summed E-state index contributed by atoms with van der Waals surface area (Å²) < 4.78 is 27.4. The van der Waals surface area contributed by atoms with Crippen molar-refractivity contribution in [3.8, 4) is 0 Å². The van der Waals surface area contributed by atoms with Gasteiger partial charge in [-0.05, 0) is 33.6 Å². The molecular weight excluding hydrogens is 472 g/mol. The first kappa shape index (κ1) is 26.2. The van der Waals surface area contributed by atoms with Crippen molar-refractivity contribution < 1.29 is 48.0 Å². The summed E-state index contributed by atoms with van der Waals surface area (Å²) in [6, 6.07) is 0. The first-order valence-corrected chi connectivity index (χ1v) is 11.3. The van der Waals surface area contributed by atoms with Crippen LogP contribution in [0.4, 0.5) is 0 Å². The summed E-state index contributed by atoms with van der Waals surface area (Å²) in [6.07, 6.45) is -2.12. The number of carbonyl (C=O) groups excluding carboxylic acids is 4. The van der Waals surface area contributed by atoms with Crippen molar-refractivity contribution in [2.24, 2.45) is 5.92 Å². The number of aliphatic hydroxyl groups is 1. The molecule has 0 unspecified atom stereocenters. The molecule has 2 saturated heterocycles. The number of carbonyl (C=O) groups is 4. The van der Waals surface area contributed by atoms with Crippen molar-refractivity contribution in [3.63, 3.8) is 0 Å². The molecule has 0 aromatic rings. The fourth-order valence-corrected chi connectivity index (χ4v) is 4.37. The Morgan fingerprint density at radius 1 is 1.35 bits per heavy atom. The first-order valence-electron chi connectivity index (χ1n) is 10.8. The lowest BCUT2D eigenvalue weighted by Crippen LogP contribution is -2.52. The highest BCUT2D eigenvalue weighted by Crippen LogP contribution is 2.50. The van der Waals surface area contributed by atoms with Gasteiger partial charge in [-0.25, -0.2) is 14.4 Å². The first-order chi connectivity index (χ1) is 15.7. The predicted molar refractivity (Wildman–Crippen MR) is 116 cm³/mol. The summed E-state index contributed by atoms with van der Waals surface area (Å²) >= 11 is 5.98. The summed E-state index contributed by atoms with van der Waals surface area (Å²) in [6.45, 7) is 9.30. The molecule has 0 radical (unpaired) electrons. The van der Waals surface area contributed by atoms with Crippen LogP contribution in [0, 0.1) is 5.92 Å². The molecule has 0 bridgehead atoms. The Morgan fingerprint density at radius 2 is 2.00 bits per heavy atom. The lowest BCUT2D eigenvalue weighted by atomic mass is 9.80. The molecule has 188 valence electrons. The third-order valence-corrected chi connectivity index (χ3v) is 7.03. The molecule has 3 aliphatic rings. The maximum atomic E-state index is 13.0. The van der Waals surface area contributed by atoms with E-state index in [2.05, 4.69) is 6.58 Å². The van der Waals surface area contributed by atoms with Gasteiger partial charge in [0.2, 0.25) is 0 Å². The van der Waals surface area contributed by atoms with Gasteiger partial charge < -0.3 is 28.8 Å². The second-order valence-corrected chi connectivity index (χ2v) is 9.78. The van der Waals surface area contributed by atoms with Gasteiger partial charge in [-0.15, -0.1) is 11.6 Å². The molecule has 8 atom stereocenters. The highest BCUT2D eigenvalue weighted by Gasteiger charge is 2.65. The number of esters is 4. The fraction of sp³-hybridized carbons (Fsp3) is 0.652. The van der Waals surface area contributed by atoms with E-state index in [0.717, 1.165) is 21.0 Å². The second-order valence-electron chi connectivity index (χ2n) is 9.13. The largest absolute Gasteiger partial charge is 0.466 e. The highest BCUT2D eigenvalue weighted by molar-refractivity contribution is 6.22. The molecule has 2 aliphatic heterocycles. The van der Waals surface area contributed by atoms with Crippen molar-refractivity contribution in [1.82, 2.24) is 0 Å². The maximum Gasteiger partial charge on any atom is 0.339 e. The summed E-state index contributed by atoms with van der Waals surface area (Å²) in [4.78, 5) is 50.3. The SMILES string of the molecule is C=C1C(=O)O[C@H]2[C@H]1[C@H](OC(=O)[C@](C)(O)[C@H](C)Cl)[C@@H](OC(C)=O)/C(C(=O)OC)=C\CC[C@@]1(C)O[C@H]21. The Labute approximate surface area is 202 Å². The molecule has 34 heavy (non-hydrogen) atoms. The van der Waals surface area contributed by atoms with Gasteiger partial charge in [-0.1, -0.05) is 12.7 Å². The van der Waals surface area contributed by atoms with E-state index in [1.807, 2.05) is 6.92 Å². The molecule has 2 heterocycles. The van der Waals surface area contributed by atoms with Crippen LogP contribution >= 0.6 is 11.6 Å². The average Bonchev–Trinajstić information content (AvgIpc) is 3.34. The van der Waals surface area contributed by atoms with Crippen molar-refractivity contribution in [1.29, 1.82) is 0 Å². The topological polar surface area (TPSA) is 138 Å². The summed E-state index contributed by atoms with van der Waals surface area (Å²) in [5.74, 6) is -4.55. The Morgan fingerprint density at radius 3 is 2.56 bits per heavy atom.